The van der Waals surface area contributed by atoms with Gasteiger partial charge in [-0.1, -0.05) is 24.3 Å². The Hall–Kier alpha value is -3.67. The van der Waals surface area contributed by atoms with E-state index in [1.54, 1.807) is 24.3 Å². The summed E-state index contributed by atoms with van der Waals surface area (Å²) in [6, 6.07) is 19.3. The second-order valence-corrected chi connectivity index (χ2v) is 10.3. The molecule has 0 spiro atoms. The Kier molecular flexibility index (Phi) is 7.54. The Morgan fingerprint density at radius 2 is 1.59 bits per heavy atom. The molecule has 3 aromatic rings. The largest absolute Gasteiger partial charge is 0.490 e. The van der Waals surface area contributed by atoms with Gasteiger partial charge in [-0.05, 0) is 104 Å². The van der Waals surface area contributed by atoms with Crippen molar-refractivity contribution < 1.29 is 24.2 Å². The van der Waals surface area contributed by atoms with Gasteiger partial charge >= 0.3 is 5.97 Å². The Bertz CT molecular complexity index is 1290. The predicted molar refractivity (Wildman–Crippen MR) is 142 cm³/mol. The summed E-state index contributed by atoms with van der Waals surface area (Å²) in [4.78, 5) is 36.4. The molecule has 6 heteroatoms. The molecular weight excluding hydrogens is 466 g/mol. The Balaban J connectivity index is 1.07. The number of Topliss-reactive ketones (excluding diaryl/α,β-unsaturated/α-hetero) is 1. The number of benzene rings is 3. The van der Waals surface area contributed by atoms with E-state index < -0.39 is 5.97 Å². The van der Waals surface area contributed by atoms with Crippen LogP contribution in [0.5, 0.6) is 5.75 Å². The molecule has 0 atom stereocenters. The molecule has 1 amide bonds. The third-order valence-electron chi connectivity index (χ3n) is 7.56. The average molecular weight is 500 g/mol. The molecule has 0 bridgehead atoms. The van der Waals surface area contributed by atoms with E-state index in [9.17, 15) is 14.4 Å². The number of nitrogens with one attached hydrogen (secondary N) is 1. The van der Waals surface area contributed by atoms with Gasteiger partial charge in [-0.3, -0.25) is 14.4 Å². The molecule has 192 valence electrons. The van der Waals surface area contributed by atoms with Crippen molar-refractivity contribution in [3.8, 4) is 5.75 Å². The molecule has 3 aromatic carbocycles. The first kappa shape index (κ1) is 25.0. The first-order valence-corrected chi connectivity index (χ1v) is 13.3. The highest BCUT2D eigenvalue weighted by atomic mass is 16.5. The third-order valence-corrected chi connectivity index (χ3v) is 7.56. The number of carboxylic acid groups (broad SMARTS) is 1. The molecule has 0 aliphatic heterocycles. The third kappa shape index (κ3) is 6.19. The van der Waals surface area contributed by atoms with Gasteiger partial charge in [0.1, 0.15) is 5.75 Å². The lowest BCUT2D eigenvalue weighted by Gasteiger charge is -2.26. The summed E-state index contributed by atoms with van der Waals surface area (Å²) in [6.45, 7) is 0.438. The zero-order valence-corrected chi connectivity index (χ0v) is 20.9. The number of aliphatic carboxylic acids is 1. The van der Waals surface area contributed by atoms with Crippen LogP contribution in [0.4, 0.5) is 0 Å². The highest BCUT2D eigenvalue weighted by Crippen LogP contribution is 2.43. The van der Waals surface area contributed by atoms with E-state index in [1.807, 2.05) is 18.2 Å². The van der Waals surface area contributed by atoms with E-state index in [0.717, 1.165) is 23.6 Å². The fraction of sp³-hybridized carbons (Fsp3) is 0.387. The van der Waals surface area contributed by atoms with Crippen LogP contribution in [0.15, 0.2) is 60.7 Å². The van der Waals surface area contributed by atoms with Gasteiger partial charge in [-0.2, -0.15) is 0 Å². The number of rotatable bonds is 10. The van der Waals surface area contributed by atoms with Crippen molar-refractivity contribution in [3.63, 3.8) is 0 Å². The monoisotopic (exact) mass is 499 g/mol. The van der Waals surface area contributed by atoms with Crippen LogP contribution < -0.4 is 10.1 Å². The fourth-order valence-corrected chi connectivity index (χ4v) is 5.23. The fourth-order valence-electron chi connectivity index (χ4n) is 5.23. The van der Waals surface area contributed by atoms with Crippen molar-refractivity contribution in [1.82, 2.24) is 5.32 Å². The highest BCUT2D eigenvalue weighted by molar-refractivity contribution is 5.99. The zero-order valence-electron chi connectivity index (χ0n) is 20.9. The lowest BCUT2D eigenvalue weighted by molar-refractivity contribution is -0.143. The summed E-state index contributed by atoms with van der Waals surface area (Å²) in [5, 5.41) is 14.4. The molecular formula is C31H33NO5. The molecule has 37 heavy (non-hydrogen) atoms. The lowest BCUT2D eigenvalue weighted by Crippen LogP contribution is -2.27. The second kappa shape index (κ2) is 11.2. The Morgan fingerprint density at radius 3 is 2.30 bits per heavy atom. The van der Waals surface area contributed by atoms with Crippen LogP contribution in [0.25, 0.3) is 10.8 Å². The molecule has 2 saturated carbocycles. The molecule has 2 aliphatic rings. The molecule has 0 aromatic heterocycles. The van der Waals surface area contributed by atoms with Crippen LogP contribution in [0.1, 0.15) is 83.6 Å². The van der Waals surface area contributed by atoms with E-state index in [1.165, 1.54) is 18.4 Å². The smallest absolute Gasteiger partial charge is 0.306 e. The maximum atomic E-state index is 12.7. The van der Waals surface area contributed by atoms with Crippen LogP contribution >= 0.6 is 0 Å². The number of hydrogen-bond acceptors (Lipinski definition) is 4. The zero-order chi connectivity index (χ0) is 25.8. The molecule has 0 heterocycles. The molecule has 0 saturated heterocycles. The van der Waals surface area contributed by atoms with Crippen LogP contribution in [0.2, 0.25) is 0 Å². The lowest BCUT2D eigenvalue weighted by atomic mass is 9.87. The topological polar surface area (TPSA) is 92.7 Å². The summed E-state index contributed by atoms with van der Waals surface area (Å²) in [7, 11) is 0. The number of amides is 1. The maximum Gasteiger partial charge on any atom is 0.306 e. The summed E-state index contributed by atoms with van der Waals surface area (Å²) in [5.41, 5.74) is 2.61. The normalized spacial score (nSPS) is 19.4. The molecule has 2 aliphatic carbocycles. The van der Waals surface area contributed by atoms with Gasteiger partial charge in [-0.15, -0.1) is 0 Å². The van der Waals surface area contributed by atoms with Gasteiger partial charge in [-0.25, -0.2) is 0 Å². The van der Waals surface area contributed by atoms with E-state index in [0.29, 0.717) is 55.0 Å². The van der Waals surface area contributed by atoms with Crippen molar-refractivity contribution in [2.45, 2.75) is 63.4 Å². The minimum atomic E-state index is -0.725. The van der Waals surface area contributed by atoms with Crippen molar-refractivity contribution in [3.05, 3.63) is 77.4 Å². The van der Waals surface area contributed by atoms with E-state index in [4.69, 9.17) is 9.84 Å². The molecule has 6 nitrogen and oxygen atoms in total. The van der Waals surface area contributed by atoms with Crippen molar-refractivity contribution in [2.24, 2.45) is 5.92 Å². The first-order valence-electron chi connectivity index (χ1n) is 13.3. The Morgan fingerprint density at radius 1 is 0.865 bits per heavy atom. The van der Waals surface area contributed by atoms with Crippen LogP contribution in [0.3, 0.4) is 0 Å². The summed E-state index contributed by atoms with van der Waals surface area (Å²) in [5.74, 6) is 0.242. The average Bonchev–Trinajstić information content (AvgIpc) is 3.76. The van der Waals surface area contributed by atoms with Gasteiger partial charge in [0.15, 0.2) is 5.78 Å². The van der Waals surface area contributed by atoms with Crippen LogP contribution in [-0.4, -0.2) is 35.4 Å². The number of hydrogen-bond donors (Lipinski definition) is 2. The molecule has 2 fully saturated rings. The van der Waals surface area contributed by atoms with Crippen molar-refractivity contribution in [2.75, 3.05) is 6.54 Å². The number of carbonyl (C=O) groups excluding carboxylic acids is 2. The van der Waals surface area contributed by atoms with Gasteiger partial charge in [0.2, 0.25) is 0 Å². The number of carbonyl (C=O) groups is 3. The molecule has 5 rings (SSSR count). The van der Waals surface area contributed by atoms with E-state index in [2.05, 4.69) is 23.5 Å². The van der Waals surface area contributed by atoms with Crippen molar-refractivity contribution >= 4 is 28.4 Å². The highest BCUT2D eigenvalue weighted by Gasteiger charge is 2.27. The summed E-state index contributed by atoms with van der Waals surface area (Å²) < 4.78 is 5.98. The molecule has 0 unspecified atom stereocenters. The minimum Gasteiger partial charge on any atom is -0.490 e. The van der Waals surface area contributed by atoms with Gasteiger partial charge in [0.05, 0.1) is 12.0 Å². The summed E-state index contributed by atoms with van der Waals surface area (Å²) >= 11 is 0. The van der Waals surface area contributed by atoms with Gasteiger partial charge in [0.25, 0.3) is 5.91 Å². The predicted octanol–water partition coefficient (Wildman–Crippen LogP) is 6.13. The van der Waals surface area contributed by atoms with E-state index in [-0.39, 0.29) is 23.7 Å². The SMILES string of the molecule is O=C(CCCNC(=O)c1ccc2cccc(C3CC3)c2c1)c1ccc(OC2CCC(C(=O)O)CC2)cc1. The minimum absolute atomic E-state index is 0.0173. The Labute approximate surface area is 217 Å². The number of ketones is 1. The molecule has 2 N–H and O–H groups in total. The standard InChI is InChI=1S/C31H33NO5/c33-29(22-10-14-25(15-11-22)37-26-16-12-23(13-17-26)31(35)36)5-2-18-32-30(34)24-9-8-20-3-1-4-27(21-6-7-21)28(20)19-24/h1,3-4,8-11,14-15,19,21,23,26H,2,5-7,12-13,16-18H2,(H,32,34)(H,35,36). The number of ether oxygens (including phenoxy) is 1. The maximum absolute atomic E-state index is 12.7. The second-order valence-electron chi connectivity index (χ2n) is 10.3. The molecule has 0 radical (unpaired) electrons. The quantitative estimate of drug-likeness (QED) is 0.258. The van der Waals surface area contributed by atoms with Gasteiger partial charge < -0.3 is 15.2 Å². The number of fused-ring (bicyclic) bond motifs is 1. The van der Waals surface area contributed by atoms with E-state index >= 15 is 0 Å². The summed E-state index contributed by atoms with van der Waals surface area (Å²) in [6.07, 6.45) is 6.09. The van der Waals surface area contributed by atoms with Gasteiger partial charge in [0, 0.05) is 24.1 Å². The van der Waals surface area contributed by atoms with Crippen LogP contribution in [0, 0.1) is 5.92 Å². The van der Waals surface area contributed by atoms with Crippen molar-refractivity contribution in [1.29, 1.82) is 0 Å². The first-order chi connectivity index (χ1) is 18.0. The van der Waals surface area contributed by atoms with Crippen LogP contribution in [-0.2, 0) is 4.79 Å². The number of carboxylic acids is 1.